The molecule has 3 heterocycles. The van der Waals surface area contributed by atoms with Crippen LogP contribution >= 0.6 is 0 Å². The largest absolute Gasteiger partial charge is 0.432 e. The van der Waals surface area contributed by atoms with Crippen LogP contribution in [0.1, 0.15) is 56.6 Å². The number of aliphatic hydroxyl groups excluding tert-OH is 1. The Labute approximate surface area is 244 Å². The van der Waals surface area contributed by atoms with Crippen molar-refractivity contribution in [2.45, 2.75) is 88.8 Å². The van der Waals surface area contributed by atoms with Crippen molar-refractivity contribution < 1.29 is 24.2 Å². The predicted molar refractivity (Wildman–Crippen MR) is 162 cm³/mol. The quantitative estimate of drug-likeness (QED) is 0.428. The summed E-state index contributed by atoms with van der Waals surface area (Å²) in [6.45, 7) is 6.69. The second kappa shape index (κ2) is 12.6. The molecule has 0 aromatic heterocycles. The number of carbonyl (C=O) groups excluding carboxylic acids is 2. The van der Waals surface area contributed by atoms with Gasteiger partial charge in [-0.15, -0.1) is 0 Å². The van der Waals surface area contributed by atoms with E-state index in [0.29, 0.717) is 19.4 Å². The van der Waals surface area contributed by atoms with Crippen LogP contribution in [0.3, 0.4) is 0 Å². The van der Waals surface area contributed by atoms with E-state index < -0.39 is 8.32 Å². The Balaban J connectivity index is 1.23. The number of amides is 2. The molecule has 2 saturated heterocycles. The van der Waals surface area contributed by atoms with Gasteiger partial charge >= 0.3 is 0 Å². The number of hydrazone groups is 1. The molecule has 2 aromatic rings. The number of hydrogen-bond donors (Lipinski definition) is 2. The lowest BCUT2D eigenvalue weighted by Gasteiger charge is -2.31. The van der Waals surface area contributed by atoms with Gasteiger partial charge in [-0.2, -0.15) is 5.10 Å². The van der Waals surface area contributed by atoms with Gasteiger partial charge in [-0.25, -0.2) is 5.01 Å². The van der Waals surface area contributed by atoms with E-state index >= 15 is 0 Å². The van der Waals surface area contributed by atoms with Crippen molar-refractivity contribution in [3.63, 3.8) is 0 Å². The zero-order chi connectivity index (χ0) is 29.1. The average Bonchev–Trinajstić information content (AvgIpc) is 3.57. The first kappa shape index (κ1) is 29.6. The number of benzene rings is 2. The van der Waals surface area contributed by atoms with Crippen molar-refractivity contribution in [1.82, 2.24) is 4.90 Å². The number of hydrogen-bond acceptors (Lipinski definition) is 6. The number of aliphatic hydroxyl groups is 1. The van der Waals surface area contributed by atoms with Crippen molar-refractivity contribution >= 4 is 31.5 Å². The molecule has 3 aliphatic heterocycles. The van der Waals surface area contributed by atoms with Gasteiger partial charge in [0.2, 0.25) is 11.8 Å². The third-order valence-corrected chi connectivity index (χ3v) is 11.6. The second-order valence-corrected chi connectivity index (χ2v) is 16.3. The topological polar surface area (TPSA) is 103 Å². The Morgan fingerprint density at radius 1 is 1.07 bits per heavy atom. The molecule has 0 saturated carbocycles. The van der Waals surface area contributed by atoms with E-state index in [4.69, 9.17) is 4.74 Å². The molecule has 3 aliphatic rings. The van der Waals surface area contributed by atoms with Crippen LogP contribution in [0.2, 0.25) is 18.6 Å². The Bertz CT molecular complexity index is 1250. The van der Waals surface area contributed by atoms with Crippen LogP contribution in [-0.4, -0.2) is 72.0 Å². The van der Waals surface area contributed by atoms with Crippen LogP contribution in [-0.2, 0) is 20.7 Å². The number of ether oxygens (including phenoxy) is 1. The van der Waals surface area contributed by atoms with Gasteiger partial charge in [0.25, 0.3) is 0 Å². The zero-order valence-electron chi connectivity index (χ0n) is 24.4. The molecule has 0 unspecified atom stereocenters. The summed E-state index contributed by atoms with van der Waals surface area (Å²) in [6.07, 6.45) is 4.29. The van der Waals surface area contributed by atoms with Crippen molar-refractivity contribution in [2.24, 2.45) is 11.0 Å². The van der Waals surface area contributed by atoms with E-state index in [1.165, 1.54) is 5.01 Å². The normalized spacial score (nSPS) is 26.9. The first-order valence-corrected chi connectivity index (χ1v) is 18.0. The summed E-state index contributed by atoms with van der Waals surface area (Å²) in [6, 6.07) is 17.9. The van der Waals surface area contributed by atoms with E-state index in [9.17, 15) is 19.5 Å². The Hall–Kier alpha value is -2.85. The lowest BCUT2D eigenvalue weighted by Crippen LogP contribution is -2.43. The molecule has 9 heteroatoms. The number of likely N-dealkylation sites (tertiary alicyclic amines) is 1. The molecule has 2 N–H and O–H groups in total. The Morgan fingerprint density at radius 2 is 1.80 bits per heavy atom. The number of rotatable bonds is 9. The molecule has 0 bridgehead atoms. The monoisotopic (exact) mass is 577 g/mol. The molecule has 5 atom stereocenters. The molecule has 0 radical (unpaired) electrons. The third kappa shape index (κ3) is 6.64. The molecule has 8 nitrogen and oxygen atoms in total. The minimum Gasteiger partial charge on any atom is -0.432 e. The van der Waals surface area contributed by atoms with Crippen molar-refractivity contribution in [1.29, 1.82) is 0 Å². The highest BCUT2D eigenvalue weighted by atomic mass is 28.4. The predicted octanol–water partition coefficient (Wildman–Crippen LogP) is 4.49. The zero-order valence-corrected chi connectivity index (χ0v) is 25.4. The molecular weight excluding hydrogens is 534 g/mol. The highest BCUT2D eigenvalue weighted by Crippen LogP contribution is 2.46. The Kier molecular flexibility index (Phi) is 9.08. The molecule has 220 valence electrons. The molecule has 0 aliphatic carbocycles. The fourth-order valence-corrected chi connectivity index (χ4v) is 9.56. The summed E-state index contributed by atoms with van der Waals surface area (Å²) >= 11 is 0. The first-order chi connectivity index (χ1) is 19.7. The highest BCUT2D eigenvalue weighted by molar-refractivity contribution is 6.71. The lowest BCUT2D eigenvalue weighted by atomic mass is 9.95. The number of nitrogens with zero attached hydrogens (tertiary/aromatic N) is 3. The van der Waals surface area contributed by atoms with Crippen molar-refractivity contribution in [3.05, 3.63) is 65.7 Å². The summed E-state index contributed by atoms with van der Waals surface area (Å²) in [5, 5.41) is 15.9. The minimum atomic E-state index is -2.59. The minimum absolute atomic E-state index is 0.00716. The number of aryl methyl sites for hydroxylation is 1. The summed E-state index contributed by atoms with van der Waals surface area (Å²) < 4.78 is 6.51. The average molecular weight is 578 g/mol. The van der Waals surface area contributed by atoms with Crippen LogP contribution < -0.4 is 5.01 Å². The van der Waals surface area contributed by atoms with E-state index in [1.807, 2.05) is 67.7 Å². The molecule has 5 rings (SSSR count). The lowest BCUT2D eigenvalue weighted by molar-refractivity contribution is -0.135. The third-order valence-electron chi connectivity index (χ3n) is 9.04. The van der Waals surface area contributed by atoms with Crippen LogP contribution in [0.25, 0.3) is 0 Å². The molecular formula is C32H43N3O5Si. The fraction of sp³-hybridized carbons (Fsp3) is 0.531. The van der Waals surface area contributed by atoms with Crippen LogP contribution in [0.15, 0.2) is 59.7 Å². The SMILES string of the molecule is C[C@H]1[C@H]([Si](C)(C)O)[C@@H](CC(=O)N2CCC[C@H]2CO)O[C@H]1CCc1ccc(N2N=C(c3ccccc3)CCC2=O)cc1. The summed E-state index contributed by atoms with van der Waals surface area (Å²) in [5.41, 5.74) is 3.81. The van der Waals surface area contributed by atoms with Gasteiger partial charge in [0, 0.05) is 24.9 Å². The summed E-state index contributed by atoms with van der Waals surface area (Å²) in [4.78, 5) is 38.8. The maximum Gasteiger partial charge on any atom is 0.247 e. The summed E-state index contributed by atoms with van der Waals surface area (Å²) in [7, 11) is -2.59. The van der Waals surface area contributed by atoms with E-state index in [1.54, 1.807) is 4.90 Å². The van der Waals surface area contributed by atoms with E-state index in [-0.39, 0.29) is 54.6 Å². The van der Waals surface area contributed by atoms with Crippen molar-refractivity contribution in [3.8, 4) is 0 Å². The smallest absolute Gasteiger partial charge is 0.247 e. The summed E-state index contributed by atoms with van der Waals surface area (Å²) in [5.74, 6) is 0.151. The molecule has 2 aromatic carbocycles. The van der Waals surface area contributed by atoms with Gasteiger partial charge in [0.05, 0.1) is 42.7 Å². The van der Waals surface area contributed by atoms with Gasteiger partial charge in [-0.05, 0) is 68.0 Å². The molecule has 2 fully saturated rings. The maximum atomic E-state index is 13.2. The molecule has 0 spiro atoms. The molecule has 2 amide bonds. The van der Waals surface area contributed by atoms with Gasteiger partial charge in [0.1, 0.15) is 0 Å². The van der Waals surface area contributed by atoms with Gasteiger partial charge in [-0.1, -0.05) is 49.4 Å². The van der Waals surface area contributed by atoms with E-state index in [2.05, 4.69) is 12.0 Å². The Morgan fingerprint density at radius 3 is 2.49 bits per heavy atom. The van der Waals surface area contributed by atoms with E-state index in [0.717, 1.165) is 48.2 Å². The fourth-order valence-electron chi connectivity index (χ4n) is 6.96. The van der Waals surface area contributed by atoms with Crippen LogP contribution in [0.5, 0.6) is 0 Å². The van der Waals surface area contributed by atoms with Gasteiger partial charge < -0.3 is 19.5 Å². The second-order valence-electron chi connectivity index (χ2n) is 12.3. The van der Waals surface area contributed by atoms with Gasteiger partial charge in [0.15, 0.2) is 8.32 Å². The highest BCUT2D eigenvalue weighted by Gasteiger charge is 2.50. The van der Waals surface area contributed by atoms with Gasteiger partial charge in [-0.3, -0.25) is 9.59 Å². The maximum absolute atomic E-state index is 13.2. The standard InChI is InChI=1S/C32H43N3O5Si/c1-22-28(40-29(32(22)41(2,3)39)20-31(38)34-19-7-10-26(34)21-36)17-13-23-11-14-25(15-12-23)35-30(37)18-16-27(33-35)24-8-5-4-6-9-24/h4-6,8-9,11-12,14-15,22,26,28-29,32,36,39H,7,10,13,16-21H2,1-3H3/t22-,26+,28+,29-,32+/m1/s1. The first-order valence-electron chi connectivity index (χ1n) is 15.0. The van der Waals surface area contributed by atoms with Crippen molar-refractivity contribution in [2.75, 3.05) is 18.2 Å². The number of carbonyl (C=O) groups is 2. The molecule has 41 heavy (non-hydrogen) atoms. The van der Waals surface area contributed by atoms with Crippen LogP contribution in [0, 0.1) is 5.92 Å². The van der Waals surface area contributed by atoms with Crippen LogP contribution in [0.4, 0.5) is 5.69 Å². The number of anilines is 1.